The highest BCUT2D eigenvalue weighted by Crippen LogP contribution is 2.31. The maximum atomic E-state index is 12.2. The van der Waals surface area contributed by atoms with Gasteiger partial charge in [-0.25, -0.2) is 0 Å². The molecule has 0 aromatic heterocycles. The number of methoxy groups -OCH3 is 1. The molecule has 5 heteroatoms. The van der Waals surface area contributed by atoms with Crippen molar-refractivity contribution in [2.75, 3.05) is 7.11 Å². The van der Waals surface area contributed by atoms with E-state index in [9.17, 15) is 4.79 Å². The summed E-state index contributed by atoms with van der Waals surface area (Å²) in [5.74, 6) is 1.37. The van der Waals surface area contributed by atoms with Gasteiger partial charge in [-0.2, -0.15) is 0 Å². The Balaban J connectivity index is 1.59. The Hall–Kier alpha value is -2.20. The van der Waals surface area contributed by atoms with Crippen molar-refractivity contribution in [2.45, 2.75) is 19.1 Å². The number of fused-ring (bicyclic) bond motifs is 1. The van der Waals surface area contributed by atoms with E-state index in [-0.39, 0.29) is 5.91 Å². The Morgan fingerprint density at radius 2 is 2.23 bits per heavy atom. The molecule has 1 amide bonds. The molecule has 0 saturated carbocycles. The van der Waals surface area contributed by atoms with Gasteiger partial charge in [-0.1, -0.05) is 23.7 Å². The number of ether oxygens (including phenoxy) is 2. The molecule has 0 spiro atoms. The van der Waals surface area contributed by atoms with Gasteiger partial charge in [-0.15, -0.1) is 0 Å². The zero-order valence-corrected chi connectivity index (χ0v) is 12.9. The minimum atomic E-state index is -0.501. The van der Waals surface area contributed by atoms with E-state index in [1.165, 1.54) is 0 Å². The lowest BCUT2D eigenvalue weighted by atomic mass is 10.1. The second-order valence-corrected chi connectivity index (χ2v) is 5.57. The van der Waals surface area contributed by atoms with E-state index in [1.807, 2.05) is 30.3 Å². The number of rotatable bonds is 4. The van der Waals surface area contributed by atoms with Gasteiger partial charge in [-0.05, 0) is 41.5 Å². The molecular weight excluding hydrogens is 302 g/mol. The van der Waals surface area contributed by atoms with Gasteiger partial charge >= 0.3 is 0 Å². The molecule has 114 valence electrons. The summed E-state index contributed by atoms with van der Waals surface area (Å²) in [5.41, 5.74) is 1.94. The van der Waals surface area contributed by atoms with Crippen LogP contribution in [0.25, 0.3) is 0 Å². The molecule has 2 aromatic rings. The summed E-state index contributed by atoms with van der Waals surface area (Å²) in [6, 6.07) is 13.0. The van der Waals surface area contributed by atoms with Crippen LogP contribution in [0.1, 0.15) is 11.1 Å². The van der Waals surface area contributed by atoms with E-state index >= 15 is 0 Å². The van der Waals surface area contributed by atoms with Gasteiger partial charge in [0.05, 0.1) is 7.11 Å². The van der Waals surface area contributed by atoms with Gasteiger partial charge in [-0.3, -0.25) is 4.79 Å². The summed E-state index contributed by atoms with van der Waals surface area (Å²) < 4.78 is 10.8. The van der Waals surface area contributed by atoms with Crippen molar-refractivity contribution in [3.05, 3.63) is 58.6 Å². The lowest BCUT2D eigenvalue weighted by Crippen LogP contribution is -2.37. The van der Waals surface area contributed by atoms with Crippen LogP contribution >= 0.6 is 11.6 Å². The van der Waals surface area contributed by atoms with E-state index in [2.05, 4.69) is 5.32 Å². The monoisotopic (exact) mass is 317 g/mol. The third kappa shape index (κ3) is 3.17. The molecule has 2 aromatic carbocycles. The smallest absolute Gasteiger partial charge is 0.261 e. The summed E-state index contributed by atoms with van der Waals surface area (Å²) in [6.07, 6.45) is 0.0406. The molecular formula is C17H16ClNO3. The first kappa shape index (κ1) is 14.7. The van der Waals surface area contributed by atoms with E-state index in [1.54, 1.807) is 19.2 Å². The number of halogens is 1. The molecule has 0 fully saturated rings. The molecule has 1 aliphatic heterocycles. The molecule has 0 bridgehead atoms. The summed E-state index contributed by atoms with van der Waals surface area (Å²) in [6.45, 7) is 0.437. The second kappa shape index (κ2) is 6.28. The highest BCUT2D eigenvalue weighted by Gasteiger charge is 2.28. The number of carbonyl (C=O) groups excluding carboxylic acids is 1. The first-order chi connectivity index (χ1) is 10.7. The lowest BCUT2D eigenvalue weighted by molar-refractivity contribution is -0.127. The van der Waals surface area contributed by atoms with Crippen LogP contribution in [0.2, 0.25) is 5.02 Å². The summed E-state index contributed by atoms with van der Waals surface area (Å²) in [4.78, 5) is 12.2. The molecule has 1 N–H and O–H groups in total. The molecule has 1 atom stereocenters. The second-order valence-electron chi connectivity index (χ2n) is 5.13. The molecule has 0 saturated heterocycles. The third-order valence-electron chi connectivity index (χ3n) is 3.59. The maximum Gasteiger partial charge on any atom is 0.261 e. The average molecular weight is 318 g/mol. The van der Waals surface area contributed by atoms with Gasteiger partial charge in [0.1, 0.15) is 11.5 Å². The largest absolute Gasteiger partial charge is 0.497 e. The van der Waals surface area contributed by atoms with Crippen molar-refractivity contribution in [2.24, 2.45) is 0 Å². The van der Waals surface area contributed by atoms with Crippen molar-refractivity contribution in [1.29, 1.82) is 0 Å². The Bertz CT molecular complexity index is 702. The number of amides is 1. The van der Waals surface area contributed by atoms with Crippen LogP contribution in [-0.4, -0.2) is 19.1 Å². The summed E-state index contributed by atoms with van der Waals surface area (Å²) in [7, 11) is 1.62. The summed E-state index contributed by atoms with van der Waals surface area (Å²) in [5, 5.41) is 3.54. The topological polar surface area (TPSA) is 47.6 Å². The Morgan fingerprint density at radius 3 is 3.05 bits per heavy atom. The van der Waals surface area contributed by atoms with Crippen LogP contribution in [-0.2, 0) is 17.8 Å². The molecule has 1 unspecified atom stereocenters. The number of carbonyl (C=O) groups is 1. The van der Waals surface area contributed by atoms with Crippen LogP contribution in [0, 0.1) is 0 Å². The van der Waals surface area contributed by atoms with Crippen molar-refractivity contribution >= 4 is 17.5 Å². The van der Waals surface area contributed by atoms with Crippen molar-refractivity contribution in [1.82, 2.24) is 5.32 Å². The zero-order valence-electron chi connectivity index (χ0n) is 12.1. The van der Waals surface area contributed by atoms with E-state index < -0.39 is 6.10 Å². The van der Waals surface area contributed by atoms with Gasteiger partial charge in [0, 0.05) is 18.0 Å². The van der Waals surface area contributed by atoms with Gasteiger partial charge in [0.15, 0.2) is 6.10 Å². The molecule has 0 radical (unpaired) electrons. The summed E-state index contributed by atoms with van der Waals surface area (Å²) >= 11 is 5.95. The number of hydrogen-bond donors (Lipinski definition) is 1. The van der Waals surface area contributed by atoms with Crippen LogP contribution in [0.15, 0.2) is 42.5 Å². The van der Waals surface area contributed by atoms with Gasteiger partial charge in [0.2, 0.25) is 0 Å². The van der Waals surface area contributed by atoms with Crippen LogP contribution < -0.4 is 14.8 Å². The number of hydrogen-bond acceptors (Lipinski definition) is 3. The Labute approximate surface area is 134 Å². The van der Waals surface area contributed by atoms with Crippen molar-refractivity contribution in [3.8, 4) is 11.5 Å². The molecule has 4 nitrogen and oxygen atoms in total. The quantitative estimate of drug-likeness (QED) is 0.943. The standard InChI is InChI=1S/C17H16ClNO3/c1-21-14-4-2-3-11(7-14)10-19-17(20)16-9-12-8-13(18)5-6-15(12)22-16/h2-8,16H,9-10H2,1H3,(H,19,20). The fourth-order valence-electron chi connectivity index (χ4n) is 2.45. The molecule has 1 heterocycles. The first-order valence-electron chi connectivity index (χ1n) is 7.01. The van der Waals surface area contributed by atoms with Gasteiger partial charge in [0.25, 0.3) is 5.91 Å². The Morgan fingerprint density at radius 1 is 1.36 bits per heavy atom. The van der Waals surface area contributed by atoms with E-state index in [0.29, 0.717) is 18.0 Å². The average Bonchev–Trinajstić information content (AvgIpc) is 2.96. The highest BCUT2D eigenvalue weighted by atomic mass is 35.5. The fraction of sp³-hybridized carbons (Fsp3) is 0.235. The molecule has 3 rings (SSSR count). The predicted molar refractivity (Wildman–Crippen MR) is 84.4 cm³/mol. The lowest BCUT2D eigenvalue weighted by Gasteiger charge is -2.11. The van der Waals surface area contributed by atoms with E-state index in [4.69, 9.17) is 21.1 Å². The van der Waals surface area contributed by atoms with Crippen LogP contribution in [0.4, 0.5) is 0 Å². The Kier molecular flexibility index (Phi) is 4.20. The number of benzene rings is 2. The fourth-order valence-corrected chi connectivity index (χ4v) is 2.64. The first-order valence-corrected chi connectivity index (χ1v) is 7.39. The minimum Gasteiger partial charge on any atom is -0.497 e. The minimum absolute atomic E-state index is 0.129. The van der Waals surface area contributed by atoms with Crippen molar-refractivity contribution < 1.29 is 14.3 Å². The van der Waals surface area contributed by atoms with Gasteiger partial charge < -0.3 is 14.8 Å². The third-order valence-corrected chi connectivity index (χ3v) is 3.83. The van der Waals surface area contributed by atoms with Crippen LogP contribution in [0.5, 0.6) is 11.5 Å². The molecule has 22 heavy (non-hydrogen) atoms. The predicted octanol–water partition coefficient (Wildman–Crippen LogP) is 2.97. The highest BCUT2D eigenvalue weighted by molar-refractivity contribution is 6.30. The van der Waals surface area contributed by atoms with E-state index in [0.717, 1.165) is 22.6 Å². The van der Waals surface area contributed by atoms with Crippen LogP contribution in [0.3, 0.4) is 0 Å². The normalized spacial score (nSPS) is 15.8. The zero-order chi connectivity index (χ0) is 15.5. The maximum absolute atomic E-state index is 12.2. The molecule has 0 aliphatic carbocycles. The SMILES string of the molecule is COc1cccc(CNC(=O)C2Cc3cc(Cl)ccc3O2)c1. The molecule has 1 aliphatic rings. The van der Waals surface area contributed by atoms with Crippen molar-refractivity contribution in [3.63, 3.8) is 0 Å². The number of nitrogens with one attached hydrogen (secondary N) is 1.